The highest BCUT2D eigenvalue weighted by molar-refractivity contribution is 6.08. The zero-order chi connectivity index (χ0) is 22.1. The van der Waals surface area contributed by atoms with E-state index in [-0.39, 0.29) is 17.7 Å². The lowest BCUT2D eigenvalue weighted by Crippen LogP contribution is -2.48. The summed E-state index contributed by atoms with van der Waals surface area (Å²) in [5, 5.41) is 5.07. The Morgan fingerprint density at radius 2 is 1.56 bits per heavy atom. The molecule has 1 saturated carbocycles. The maximum atomic E-state index is 13.5. The number of aryl methyl sites for hydroxylation is 1. The van der Waals surface area contributed by atoms with E-state index in [9.17, 15) is 9.59 Å². The SMILES string of the molecule is Cc1ccccc1CN1CCN(C(=O)c2cc3ccccc3cc2NC(=O)C2CC2)CC1. The van der Waals surface area contributed by atoms with E-state index in [1.54, 1.807) is 0 Å². The van der Waals surface area contributed by atoms with Crippen LogP contribution in [-0.2, 0) is 11.3 Å². The summed E-state index contributed by atoms with van der Waals surface area (Å²) in [4.78, 5) is 30.3. The van der Waals surface area contributed by atoms with Gasteiger partial charge in [-0.05, 0) is 53.8 Å². The van der Waals surface area contributed by atoms with Gasteiger partial charge in [-0.2, -0.15) is 0 Å². The lowest BCUT2D eigenvalue weighted by Gasteiger charge is -2.35. The number of fused-ring (bicyclic) bond motifs is 1. The van der Waals surface area contributed by atoms with Crippen molar-refractivity contribution in [2.24, 2.45) is 5.92 Å². The highest BCUT2D eigenvalue weighted by Gasteiger charge is 2.31. The molecule has 1 saturated heterocycles. The highest BCUT2D eigenvalue weighted by Crippen LogP contribution is 2.32. The molecule has 0 unspecified atom stereocenters. The number of amides is 2. The Labute approximate surface area is 189 Å². The monoisotopic (exact) mass is 427 g/mol. The first-order chi connectivity index (χ1) is 15.6. The molecule has 2 amide bonds. The molecule has 1 aliphatic heterocycles. The van der Waals surface area contributed by atoms with Crippen LogP contribution in [0.2, 0.25) is 0 Å². The third-order valence-electron chi connectivity index (χ3n) is 6.64. The van der Waals surface area contributed by atoms with Crippen LogP contribution in [0, 0.1) is 12.8 Å². The number of carbonyl (C=O) groups is 2. The molecule has 5 rings (SSSR count). The average molecular weight is 428 g/mol. The fourth-order valence-electron chi connectivity index (χ4n) is 4.41. The van der Waals surface area contributed by atoms with Gasteiger partial charge in [0.05, 0.1) is 11.3 Å². The fourth-order valence-corrected chi connectivity index (χ4v) is 4.41. The summed E-state index contributed by atoms with van der Waals surface area (Å²) in [5.74, 6) is 0.115. The van der Waals surface area contributed by atoms with Crippen LogP contribution in [0.25, 0.3) is 10.8 Å². The standard InChI is InChI=1S/C27H29N3O2/c1-19-6-2-3-9-23(19)18-29-12-14-30(15-13-29)27(32)24-16-21-7-4-5-8-22(21)17-25(24)28-26(31)20-10-11-20/h2-9,16-17,20H,10-15,18H2,1H3,(H,28,31). The maximum absolute atomic E-state index is 13.5. The molecular formula is C27H29N3O2. The second kappa shape index (κ2) is 8.75. The molecule has 1 N–H and O–H groups in total. The minimum Gasteiger partial charge on any atom is -0.336 e. The van der Waals surface area contributed by atoms with Gasteiger partial charge in [0.15, 0.2) is 0 Å². The van der Waals surface area contributed by atoms with Crippen molar-refractivity contribution >= 4 is 28.3 Å². The number of carbonyl (C=O) groups excluding carboxylic acids is 2. The lowest BCUT2D eigenvalue weighted by atomic mass is 10.0. The summed E-state index contributed by atoms with van der Waals surface area (Å²) < 4.78 is 0. The molecule has 2 fully saturated rings. The predicted octanol–water partition coefficient (Wildman–Crippen LogP) is 4.45. The molecular weight excluding hydrogens is 398 g/mol. The molecule has 3 aromatic carbocycles. The Morgan fingerprint density at radius 1 is 0.906 bits per heavy atom. The number of piperazine rings is 1. The molecule has 5 heteroatoms. The van der Waals surface area contributed by atoms with Gasteiger partial charge in [0.1, 0.15) is 0 Å². The summed E-state index contributed by atoms with van der Waals surface area (Å²) in [6.07, 6.45) is 1.87. The van der Waals surface area contributed by atoms with Crippen LogP contribution < -0.4 is 5.32 Å². The van der Waals surface area contributed by atoms with Crippen LogP contribution in [0.1, 0.15) is 34.3 Å². The van der Waals surface area contributed by atoms with Crippen molar-refractivity contribution in [3.05, 3.63) is 77.4 Å². The highest BCUT2D eigenvalue weighted by atomic mass is 16.2. The van der Waals surface area contributed by atoms with Crippen LogP contribution in [0.4, 0.5) is 5.69 Å². The van der Waals surface area contributed by atoms with Crippen molar-refractivity contribution in [2.75, 3.05) is 31.5 Å². The van der Waals surface area contributed by atoms with Crippen LogP contribution in [0.5, 0.6) is 0 Å². The van der Waals surface area contributed by atoms with Gasteiger partial charge in [0, 0.05) is 38.6 Å². The van der Waals surface area contributed by atoms with Crippen LogP contribution in [-0.4, -0.2) is 47.8 Å². The molecule has 1 aliphatic carbocycles. The molecule has 0 aromatic heterocycles. The van der Waals surface area contributed by atoms with Gasteiger partial charge in [0.25, 0.3) is 5.91 Å². The summed E-state index contributed by atoms with van der Waals surface area (Å²) in [7, 11) is 0. The minimum absolute atomic E-state index is 0.00242. The van der Waals surface area contributed by atoms with Crippen molar-refractivity contribution in [3.63, 3.8) is 0 Å². The Bertz CT molecular complexity index is 1160. The van der Waals surface area contributed by atoms with E-state index < -0.39 is 0 Å². The van der Waals surface area contributed by atoms with E-state index in [1.165, 1.54) is 11.1 Å². The van der Waals surface area contributed by atoms with Crippen molar-refractivity contribution < 1.29 is 9.59 Å². The van der Waals surface area contributed by atoms with E-state index in [0.717, 1.165) is 43.2 Å². The normalized spacial score (nSPS) is 16.8. The number of rotatable bonds is 5. The summed E-state index contributed by atoms with van der Waals surface area (Å²) in [6.45, 7) is 6.12. The number of benzene rings is 3. The van der Waals surface area contributed by atoms with E-state index in [1.807, 2.05) is 41.3 Å². The second-order valence-corrected chi connectivity index (χ2v) is 9.00. The zero-order valence-electron chi connectivity index (χ0n) is 18.5. The first-order valence-corrected chi connectivity index (χ1v) is 11.5. The maximum Gasteiger partial charge on any atom is 0.256 e. The van der Waals surface area contributed by atoms with E-state index in [0.29, 0.717) is 24.3 Å². The van der Waals surface area contributed by atoms with E-state index in [4.69, 9.17) is 0 Å². The second-order valence-electron chi connectivity index (χ2n) is 9.00. The molecule has 0 spiro atoms. The minimum atomic E-state index is -0.00242. The zero-order valence-corrected chi connectivity index (χ0v) is 18.5. The number of hydrogen-bond donors (Lipinski definition) is 1. The lowest BCUT2D eigenvalue weighted by molar-refractivity contribution is -0.117. The van der Waals surface area contributed by atoms with Crippen molar-refractivity contribution in [3.8, 4) is 0 Å². The Morgan fingerprint density at radius 3 is 2.25 bits per heavy atom. The number of nitrogens with zero attached hydrogens (tertiary/aromatic N) is 2. The number of nitrogens with one attached hydrogen (secondary N) is 1. The summed E-state index contributed by atoms with van der Waals surface area (Å²) in [6, 6.07) is 20.3. The van der Waals surface area contributed by atoms with Gasteiger partial charge in [-0.25, -0.2) is 0 Å². The molecule has 32 heavy (non-hydrogen) atoms. The van der Waals surface area contributed by atoms with Crippen molar-refractivity contribution in [1.29, 1.82) is 0 Å². The van der Waals surface area contributed by atoms with Crippen LogP contribution in [0.3, 0.4) is 0 Å². The van der Waals surface area contributed by atoms with Crippen molar-refractivity contribution in [2.45, 2.75) is 26.3 Å². The van der Waals surface area contributed by atoms with Gasteiger partial charge in [-0.1, -0.05) is 48.5 Å². The number of anilines is 1. The predicted molar refractivity (Wildman–Crippen MR) is 128 cm³/mol. The van der Waals surface area contributed by atoms with Crippen LogP contribution in [0.15, 0.2) is 60.7 Å². The molecule has 0 bridgehead atoms. The van der Waals surface area contributed by atoms with Gasteiger partial charge in [-0.15, -0.1) is 0 Å². The fraction of sp³-hybridized carbons (Fsp3) is 0.333. The van der Waals surface area contributed by atoms with Crippen LogP contribution >= 0.6 is 0 Å². The molecule has 1 heterocycles. The quantitative estimate of drug-likeness (QED) is 0.654. The largest absolute Gasteiger partial charge is 0.336 e. The molecule has 5 nitrogen and oxygen atoms in total. The first kappa shape index (κ1) is 20.7. The van der Waals surface area contributed by atoms with Gasteiger partial charge in [-0.3, -0.25) is 14.5 Å². The first-order valence-electron chi connectivity index (χ1n) is 11.5. The van der Waals surface area contributed by atoms with Gasteiger partial charge in [0.2, 0.25) is 5.91 Å². The smallest absolute Gasteiger partial charge is 0.256 e. The third-order valence-corrected chi connectivity index (χ3v) is 6.64. The van der Waals surface area contributed by atoms with E-state index in [2.05, 4.69) is 41.4 Å². The Balaban J connectivity index is 1.33. The summed E-state index contributed by atoms with van der Waals surface area (Å²) >= 11 is 0. The topological polar surface area (TPSA) is 52.6 Å². The molecule has 3 aromatic rings. The molecule has 2 aliphatic rings. The van der Waals surface area contributed by atoms with Gasteiger partial charge >= 0.3 is 0 Å². The van der Waals surface area contributed by atoms with Crippen molar-refractivity contribution in [1.82, 2.24) is 9.80 Å². The number of hydrogen-bond acceptors (Lipinski definition) is 3. The Hall–Kier alpha value is -3.18. The molecule has 0 radical (unpaired) electrons. The van der Waals surface area contributed by atoms with E-state index >= 15 is 0 Å². The molecule has 164 valence electrons. The van der Waals surface area contributed by atoms with Gasteiger partial charge < -0.3 is 10.2 Å². The molecule has 0 atom stereocenters. The summed E-state index contributed by atoms with van der Waals surface area (Å²) in [5.41, 5.74) is 3.86. The Kier molecular flexibility index (Phi) is 5.66. The average Bonchev–Trinajstić information content (AvgIpc) is 3.66. The third kappa shape index (κ3) is 4.39.